The Labute approximate surface area is 170 Å². The summed E-state index contributed by atoms with van der Waals surface area (Å²) in [7, 11) is 0. The van der Waals surface area contributed by atoms with Crippen LogP contribution in [0, 0.1) is 14.9 Å². The average molecular weight is 474 g/mol. The van der Waals surface area contributed by atoms with Crippen molar-refractivity contribution in [3.8, 4) is 0 Å². The molecule has 13 heteroatoms. The third-order valence-electron chi connectivity index (χ3n) is 1.60. The molecule has 0 spiro atoms. The van der Waals surface area contributed by atoms with Crippen LogP contribution in [0.15, 0.2) is 0 Å². The van der Waals surface area contributed by atoms with Gasteiger partial charge in [-0.15, -0.1) is 0 Å². The molecule has 0 bridgehead atoms. The van der Waals surface area contributed by atoms with Gasteiger partial charge in [0.05, 0.1) is 0 Å². The zero-order chi connectivity index (χ0) is 19.7. The Hall–Kier alpha value is -2.49. The van der Waals surface area contributed by atoms with Crippen LogP contribution in [0.3, 0.4) is 0 Å². The maximum Gasteiger partial charge on any atom is 0.0418 e. The third kappa shape index (κ3) is 69.5. The molecule has 0 aromatic carbocycles. The van der Waals surface area contributed by atoms with Crippen molar-refractivity contribution in [1.82, 2.24) is 0 Å². The van der Waals surface area contributed by atoms with Crippen molar-refractivity contribution in [1.29, 1.82) is 0 Å². The maximum atomic E-state index is 9.50. The van der Waals surface area contributed by atoms with Gasteiger partial charge >= 0.3 is 0 Å². The molecule has 0 aromatic heterocycles. The number of carboxylic acids is 6. The number of rotatable bonds is 9. The largest absolute Gasteiger partial charge is 0.550 e. The minimum Gasteiger partial charge on any atom is -0.550 e. The molecule has 0 aliphatic heterocycles. The van der Waals surface area contributed by atoms with E-state index in [9.17, 15) is 59.4 Å². The van der Waals surface area contributed by atoms with Gasteiger partial charge in [0, 0.05) is 56.9 Å². The van der Waals surface area contributed by atoms with Crippen LogP contribution >= 0.6 is 0 Å². The smallest absolute Gasteiger partial charge is 0.0418 e. The maximum absolute atomic E-state index is 9.50. The van der Waals surface area contributed by atoms with Crippen LogP contribution in [0.1, 0.15) is 38.5 Å². The van der Waals surface area contributed by atoms with E-state index in [-0.39, 0.29) is 35.9 Å². The second kappa shape index (κ2) is 25.7. The predicted octanol–water partition coefficient (Wildman–Crippen LogP) is -7.30. The Morgan fingerprint density at radius 1 is 0.370 bits per heavy atom. The standard InChI is InChI=1S/3C4H6O4.2CH3.Mo/c3*5-3(6)1-2-4(7)8;;;/h3*1-2H2,(H,5,6)(H,7,8);2*1H3;/q;;;2*-1;/p-6. The van der Waals surface area contributed by atoms with Gasteiger partial charge in [-0.1, -0.05) is 0 Å². The van der Waals surface area contributed by atoms with Gasteiger partial charge in [0.25, 0.3) is 0 Å². The zero-order valence-corrected chi connectivity index (χ0v) is 16.6. The first-order valence-electron chi connectivity index (χ1n) is 6.07. The third-order valence-corrected chi connectivity index (χ3v) is 1.60. The molecule has 160 valence electrons. The van der Waals surface area contributed by atoms with Crippen molar-refractivity contribution in [2.75, 3.05) is 0 Å². The second-order valence-corrected chi connectivity index (χ2v) is 3.73. The molecular weight excluding hydrogens is 456 g/mol. The molecule has 0 N–H and O–H groups in total. The van der Waals surface area contributed by atoms with Crippen molar-refractivity contribution < 1.29 is 80.5 Å². The van der Waals surface area contributed by atoms with Gasteiger partial charge in [0.1, 0.15) is 0 Å². The van der Waals surface area contributed by atoms with E-state index >= 15 is 0 Å². The Morgan fingerprint density at radius 3 is 0.481 bits per heavy atom. The number of carboxylic acid groups (broad SMARTS) is 6. The van der Waals surface area contributed by atoms with E-state index in [1.807, 2.05) is 0 Å². The van der Waals surface area contributed by atoms with Gasteiger partial charge in [-0.3, -0.25) is 0 Å². The summed E-state index contributed by atoms with van der Waals surface area (Å²) < 4.78 is 0. The molecule has 0 aromatic rings. The van der Waals surface area contributed by atoms with Crippen LogP contribution < -0.4 is 30.6 Å². The summed E-state index contributed by atoms with van der Waals surface area (Å²) in [5, 5.41) is 57.0. The van der Waals surface area contributed by atoms with E-state index < -0.39 is 74.3 Å². The topological polar surface area (TPSA) is 241 Å². The molecule has 0 unspecified atom stereocenters. The number of carbonyl (C=O) groups is 6. The van der Waals surface area contributed by atoms with E-state index in [0.29, 0.717) is 0 Å². The van der Waals surface area contributed by atoms with Gasteiger partial charge < -0.3 is 74.3 Å². The fraction of sp³-hybridized carbons (Fsp3) is 0.429. The first-order valence-corrected chi connectivity index (χ1v) is 6.07. The molecular formula is C14H18MoO12-8. The summed E-state index contributed by atoms with van der Waals surface area (Å²) in [4.78, 5) is 57.0. The Morgan fingerprint density at radius 2 is 0.444 bits per heavy atom. The quantitative estimate of drug-likeness (QED) is 0.224. The van der Waals surface area contributed by atoms with Gasteiger partial charge in [0.15, 0.2) is 0 Å². The summed E-state index contributed by atoms with van der Waals surface area (Å²) in [6.45, 7) is 0. The zero-order valence-electron chi connectivity index (χ0n) is 14.5. The SMILES string of the molecule is O=C([O-])CCC(=O)[O-].O=C([O-])CCC(=O)[O-].O=C([O-])CCC(=O)[O-].[CH3-].[CH3-].[Mo]. The van der Waals surface area contributed by atoms with Crippen LogP contribution in [0.25, 0.3) is 0 Å². The van der Waals surface area contributed by atoms with E-state index in [1.165, 1.54) is 0 Å². The normalized spacial score (nSPS) is 7.56. The second-order valence-electron chi connectivity index (χ2n) is 3.73. The molecule has 0 atom stereocenters. The van der Waals surface area contributed by atoms with Crippen LogP contribution in [0.5, 0.6) is 0 Å². The van der Waals surface area contributed by atoms with Crippen LogP contribution in [-0.2, 0) is 49.8 Å². The molecule has 0 rings (SSSR count). The van der Waals surface area contributed by atoms with Crippen molar-refractivity contribution in [3.05, 3.63) is 14.9 Å². The molecule has 12 nitrogen and oxygen atoms in total. The molecule has 27 heavy (non-hydrogen) atoms. The molecule has 0 radical (unpaired) electrons. The average Bonchev–Trinajstić information content (AvgIpc) is 2.42. The first-order chi connectivity index (χ1) is 10.9. The molecule has 0 aliphatic rings. The van der Waals surface area contributed by atoms with Crippen molar-refractivity contribution >= 4 is 35.8 Å². The number of aliphatic carboxylic acids is 6. The predicted molar refractivity (Wildman–Crippen MR) is 70.6 cm³/mol. The Bertz CT molecular complexity index is 352. The van der Waals surface area contributed by atoms with Crippen LogP contribution in [-0.4, -0.2) is 35.8 Å². The van der Waals surface area contributed by atoms with E-state index in [4.69, 9.17) is 0 Å². The fourth-order valence-electron chi connectivity index (χ4n) is 0.612. The summed E-state index contributed by atoms with van der Waals surface area (Å²) in [5.41, 5.74) is 0. The molecule has 0 fully saturated rings. The summed E-state index contributed by atoms with van der Waals surface area (Å²) in [6, 6.07) is 0. The van der Waals surface area contributed by atoms with E-state index in [0.717, 1.165) is 0 Å². The molecule has 0 amide bonds. The summed E-state index contributed by atoms with van der Waals surface area (Å²) >= 11 is 0. The van der Waals surface area contributed by atoms with Crippen LogP contribution in [0.2, 0.25) is 0 Å². The molecule has 0 saturated carbocycles. The van der Waals surface area contributed by atoms with Crippen molar-refractivity contribution in [2.45, 2.75) is 38.5 Å². The van der Waals surface area contributed by atoms with Gasteiger partial charge in [-0.05, 0) is 38.5 Å². The number of carbonyl (C=O) groups excluding carboxylic acids is 6. The minimum atomic E-state index is -1.37. The van der Waals surface area contributed by atoms with E-state index in [1.54, 1.807) is 0 Å². The summed E-state index contributed by atoms with van der Waals surface area (Å²) in [6.07, 6.45) is -2.82. The summed E-state index contributed by atoms with van der Waals surface area (Å²) in [5.74, 6) is -8.20. The van der Waals surface area contributed by atoms with Gasteiger partial charge in [-0.25, -0.2) is 0 Å². The first kappa shape index (κ1) is 39.5. The monoisotopic (exact) mass is 476 g/mol. The van der Waals surface area contributed by atoms with Crippen molar-refractivity contribution in [2.24, 2.45) is 0 Å². The van der Waals surface area contributed by atoms with Gasteiger partial charge in [0.2, 0.25) is 0 Å². The number of hydrogen-bond donors (Lipinski definition) is 0. The molecule has 0 heterocycles. The molecule has 0 saturated heterocycles. The Kier molecular flexibility index (Phi) is 37.7. The van der Waals surface area contributed by atoms with Crippen molar-refractivity contribution in [3.63, 3.8) is 0 Å². The van der Waals surface area contributed by atoms with Gasteiger partial charge in [-0.2, -0.15) is 0 Å². The Balaban J connectivity index is -0.0000000580. The van der Waals surface area contributed by atoms with Crippen LogP contribution in [0.4, 0.5) is 0 Å². The fourth-order valence-corrected chi connectivity index (χ4v) is 0.612. The van der Waals surface area contributed by atoms with E-state index in [2.05, 4.69) is 0 Å². The minimum absolute atomic E-state index is 0. The molecule has 0 aliphatic carbocycles. The number of hydrogen-bond acceptors (Lipinski definition) is 12.